The minimum atomic E-state index is -0.565. The van der Waals surface area contributed by atoms with Gasteiger partial charge in [-0.15, -0.1) is 0 Å². The minimum Gasteiger partial charge on any atom is -0.480 e. The Hall–Kier alpha value is -2.82. The highest BCUT2D eigenvalue weighted by Gasteiger charge is 2.19. The van der Waals surface area contributed by atoms with Gasteiger partial charge in [0.2, 0.25) is 5.91 Å². The van der Waals surface area contributed by atoms with Crippen molar-refractivity contribution in [2.24, 2.45) is 0 Å². The van der Waals surface area contributed by atoms with Crippen LogP contribution in [0.1, 0.15) is 30.9 Å². The van der Waals surface area contributed by atoms with E-state index in [9.17, 15) is 9.59 Å². The molecule has 2 aromatic rings. The molecule has 0 aliphatic rings. The molecule has 0 aromatic heterocycles. The third kappa shape index (κ3) is 6.13. The number of anilines is 1. The molecule has 1 atom stereocenters. The Balaban J connectivity index is 2.00. The van der Waals surface area contributed by atoms with Crippen molar-refractivity contribution >= 4 is 17.5 Å². The summed E-state index contributed by atoms with van der Waals surface area (Å²) < 4.78 is 5.90. The van der Waals surface area contributed by atoms with Crippen LogP contribution in [0, 0.1) is 6.92 Å². The highest BCUT2D eigenvalue weighted by Crippen LogP contribution is 2.20. The summed E-state index contributed by atoms with van der Waals surface area (Å²) in [7, 11) is 3.50. The number of para-hydroxylation sites is 1. The fourth-order valence-corrected chi connectivity index (χ4v) is 2.67. The van der Waals surface area contributed by atoms with Crippen LogP contribution in [-0.4, -0.2) is 36.9 Å². The van der Waals surface area contributed by atoms with Gasteiger partial charge in [-0.3, -0.25) is 9.59 Å². The van der Waals surface area contributed by atoms with E-state index >= 15 is 0 Å². The zero-order chi connectivity index (χ0) is 19.8. The lowest BCUT2D eigenvalue weighted by Crippen LogP contribution is -2.32. The van der Waals surface area contributed by atoms with Crippen molar-refractivity contribution in [3.05, 3.63) is 59.7 Å². The van der Waals surface area contributed by atoms with E-state index in [1.54, 1.807) is 19.0 Å². The van der Waals surface area contributed by atoms with Crippen molar-refractivity contribution in [1.82, 2.24) is 4.90 Å². The molecule has 2 aromatic carbocycles. The first kappa shape index (κ1) is 20.5. The minimum absolute atomic E-state index is 0.0853. The molecule has 5 heteroatoms. The molecule has 0 bridgehead atoms. The summed E-state index contributed by atoms with van der Waals surface area (Å²) in [6.07, 6.45) is 1.08. The molecule has 144 valence electrons. The van der Waals surface area contributed by atoms with Crippen LogP contribution in [0.4, 0.5) is 5.69 Å². The van der Waals surface area contributed by atoms with E-state index < -0.39 is 6.10 Å². The monoisotopic (exact) mass is 368 g/mol. The highest BCUT2D eigenvalue weighted by molar-refractivity contribution is 5.94. The number of hydrogen-bond donors (Lipinski definition) is 1. The fraction of sp³-hybridized carbons (Fsp3) is 0.364. The van der Waals surface area contributed by atoms with Gasteiger partial charge in [-0.05, 0) is 49.1 Å². The predicted octanol–water partition coefficient (Wildman–Crippen LogP) is 3.81. The van der Waals surface area contributed by atoms with Gasteiger partial charge < -0.3 is 15.0 Å². The molecule has 2 rings (SSSR count). The molecule has 0 aliphatic carbocycles. The summed E-state index contributed by atoms with van der Waals surface area (Å²) in [5, 5.41) is 2.92. The van der Waals surface area contributed by atoms with Crippen LogP contribution in [0.3, 0.4) is 0 Å². The first-order valence-corrected chi connectivity index (χ1v) is 9.23. The van der Waals surface area contributed by atoms with E-state index in [0.717, 1.165) is 16.9 Å². The van der Waals surface area contributed by atoms with Crippen molar-refractivity contribution in [1.29, 1.82) is 0 Å². The first-order valence-electron chi connectivity index (χ1n) is 9.23. The molecule has 0 aliphatic heterocycles. The lowest BCUT2D eigenvalue weighted by molar-refractivity contribution is -0.128. The third-order valence-electron chi connectivity index (χ3n) is 4.35. The van der Waals surface area contributed by atoms with Crippen LogP contribution < -0.4 is 10.1 Å². The number of rotatable bonds is 8. The van der Waals surface area contributed by atoms with E-state index in [1.165, 1.54) is 0 Å². The number of carbonyl (C=O) groups excluding carboxylic acids is 2. The predicted molar refractivity (Wildman–Crippen MR) is 108 cm³/mol. The van der Waals surface area contributed by atoms with E-state index in [0.29, 0.717) is 24.9 Å². The lowest BCUT2D eigenvalue weighted by atomic mass is 10.1. The Morgan fingerprint density at radius 2 is 1.85 bits per heavy atom. The van der Waals surface area contributed by atoms with Gasteiger partial charge in [-0.25, -0.2) is 0 Å². The molecular formula is C22H28N2O3. The Kier molecular flexibility index (Phi) is 7.41. The Labute approximate surface area is 161 Å². The summed E-state index contributed by atoms with van der Waals surface area (Å²) in [6.45, 7) is 3.88. The Morgan fingerprint density at radius 1 is 1.11 bits per heavy atom. The van der Waals surface area contributed by atoms with Crippen molar-refractivity contribution < 1.29 is 14.3 Å². The Morgan fingerprint density at radius 3 is 2.52 bits per heavy atom. The second kappa shape index (κ2) is 9.76. The van der Waals surface area contributed by atoms with Crippen LogP contribution in [0.15, 0.2) is 48.5 Å². The number of benzene rings is 2. The average molecular weight is 368 g/mol. The largest absolute Gasteiger partial charge is 0.480 e. The third-order valence-corrected chi connectivity index (χ3v) is 4.35. The molecule has 1 unspecified atom stereocenters. The summed E-state index contributed by atoms with van der Waals surface area (Å²) in [4.78, 5) is 26.0. The van der Waals surface area contributed by atoms with Crippen LogP contribution >= 0.6 is 0 Å². The molecule has 1 N–H and O–H groups in total. The highest BCUT2D eigenvalue weighted by atomic mass is 16.5. The summed E-state index contributed by atoms with van der Waals surface area (Å²) in [5.74, 6) is 0.625. The fourth-order valence-electron chi connectivity index (χ4n) is 2.67. The molecule has 0 fully saturated rings. The van der Waals surface area contributed by atoms with Crippen molar-refractivity contribution in [3.8, 4) is 5.75 Å². The zero-order valence-electron chi connectivity index (χ0n) is 16.5. The zero-order valence-corrected chi connectivity index (χ0v) is 16.5. The number of carbonyl (C=O) groups is 2. The maximum absolute atomic E-state index is 12.6. The maximum Gasteiger partial charge on any atom is 0.265 e. The van der Waals surface area contributed by atoms with Gasteiger partial charge in [0.1, 0.15) is 5.75 Å². The van der Waals surface area contributed by atoms with Gasteiger partial charge in [0.05, 0.1) is 0 Å². The molecule has 0 spiro atoms. The molecule has 0 saturated heterocycles. The molecule has 2 amide bonds. The number of nitrogens with zero attached hydrogens (tertiary/aromatic N) is 1. The van der Waals surface area contributed by atoms with Gasteiger partial charge in [-0.2, -0.15) is 0 Å². The topological polar surface area (TPSA) is 58.6 Å². The lowest BCUT2D eigenvalue weighted by Gasteiger charge is -2.19. The van der Waals surface area contributed by atoms with Crippen molar-refractivity contribution in [2.45, 2.75) is 39.2 Å². The van der Waals surface area contributed by atoms with E-state index in [4.69, 9.17) is 4.74 Å². The quantitative estimate of drug-likeness (QED) is 0.771. The summed E-state index contributed by atoms with van der Waals surface area (Å²) in [5.41, 5.74) is 2.72. The molecular weight excluding hydrogens is 340 g/mol. The van der Waals surface area contributed by atoms with Gasteiger partial charge in [0, 0.05) is 26.2 Å². The maximum atomic E-state index is 12.6. The van der Waals surface area contributed by atoms with Crippen LogP contribution in [-0.2, 0) is 16.0 Å². The number of nitrogens with one attached hydrogen (secondary N) is 1. The first-order chi connectivity index (χ1) is 12.9. The number of hydrogen-bond acceptors (Lipinski definition) is 3. The van der Waals surface area contributed by atoms with Gasteiger partial charge >= 0.3 is 0 Å². The second-order valence-electron chi connectivity index (χ2n) is 6.76. The SMILES string of the molecule is CCC(Oc1ccccc1C)C(=O)Nc1cccc(CCC(=O)N(C)C)c1. The number of aryl methyl sites for hydroxylation is 2. The average Bonchev–Trinajstić information content (AvgIpc) is 2.65. The number of amides is 2. The molecule has 5 nitrogen and oxygen atoms in total. The summed E-state index contributed by atoms with van der Waals surface area (Å²) >= 11 is 0. The van der Waals surface area contributed by atoms with Crippen LogP contribution in [0.2, 0.25) is 0 Å². The van der Waals surface area contributed by atoms with Crippen LogP contribution in [0.5, 0.6) is 5.75 Å². The van der Waals surface area contributed by atoms with E-state index in [2.05, 4.69) is 5.32 Å². The van der Waals surface area contributed by atoms with Crippen LogP contribution in [0.25, 0.3) is 0 Å². The van der Waals surface area contributed by atoms with Gasteiger partial charge in [0.15, 0.2) is 6.10 Å². The van der Waals surface area contributed by atoms with E-state index in [-0.39, 0.29) is 11.8 Å². The van der Waals surface area contributed by atoms with Crippen molar-refractivity contribution in [3.63, 3.8) is 0 Å². The molecule has 27 heavy (non-hydrogen) atoms. The molecule has 0 saturated carbocycles. The normalized spacial score (nSPS) is 11.6. The van der Waals surface area contributed by atoms with E-state index in [1.807, 2.05) is 62.4 Å². The smallest absolute Gasteiger partial charge is 0.265 e. The van der Waals surface area contributed by atoms with Crippen molar-refractivity contribution in [2.75, 3.05) is 19.4 Å². The Bertz CT molecular complexity index is 787. The molecule has 0 radical (unpaired) electrons. The second-order valence-corrected chi connectivity index (χ2v) is 6.76. The number of ether oxygens (including phenoxy) is 1. The standard InChI is InChI=1S/C22H28N2O3/c1-5-19(27-20-12-7-6-9-16(20)2)22(26)23-18-11-8-10-17(15-18)13-14-21(25)24(3)4/h6-12,15,19H,5,13-14H2,1-4H3,(H,23,26). The van der Waals surface area contributed by atoms with Gasteiger partial charge in [-0.1, -0.05) is 37.3 Å². The van der Waals surface area contributed by atoms with Gasteiger partial charge in [0.25, 0.3) is 5.91 Å². The summed E-state index contributed by atoms with van der Waals surface area (Å²) in [6, 6.07) is 15.2. The molecule has 0 heterocycles.